The summed E-state index contributed by atoms with van der Waals surface area (Å²) in [5, 5.41) is 0. The van der Waals surface area contributed by atoms with Crippen molar-refractivity contribution in [3.8, 4) is 17.2 Å². The predicted octanol–water partition coefficient (Wildman–Crippen LogP) is 5.00. The minimum absolute atomic E-state index is 0.0384. The molecule has 2 aromatic rings. The number of rotatable bonds is 8. The SMILES string of the molecule is COc1cc(OC)c(OC)cc1/C=C/COC(=O)/C=C/c1cccc(C(F)(F)F)c1. The van der Waals surface area contributed by atoms with E-state index in [0.717, 1.165) is 18.2 Å². The molecular formula is C22H21F3O5. The maximum absolute atomic E-state index is 12.7. The summed E-state index contributed by atoms with van der Waals surface area (Å²) in [5.74, 6) is 0.882. The molecule has 0 saturated carbocycles. The number of ether oxygens (including phenoxy) is 4. The number of hydrogen-bond acceptors (Lipinski definition) is 5. The lowest BCUT2D eigenvalue weighted by Crippen LogP contribution is -2.04. The van der Waals surface area contributed by atoms with Crippen LogP contribution in [0.15, 0.2) is 48.6 Å². The van der Waals surface area contributed by atoms with E-state index in [4.69, 9.17) is 18.9 Å². The Morgan fingerprint density at radius 1 is 0.933 bits per heavy atom. The van der Waals surface area contributed by atoms with E-state index in [2.05, 4.69) is 0 Å². The van der Waals surface area contributed by atoms with Crippen LogP contribution in [0.5, 0.6) is 17.2 Å². The van der Waals surface area contributed by atoms with Gasteiger partial charge in [0.15, 0.2) is 11.5 Å². The van der Waals surface area contributed by atoms with Gasteiger partial charge in [0, 0.05) is 17.7 Å². The molecule has 0 atom stereocenters. The lowest BCUT2D eigenvalue weighted by molar-refractivity contribution is -0.138. The Bertz CT molecular complexity index is 933. The van der Waals surface area contributed by atoms with Crippen LogP contribution in [-0.2, 0) is 15.7 Å². The monoisotopic (exact) mass is 422 g/mol. The van der Waals surface area contributed by atoms with Gasteiger partial charge in [-0.2, -0.15) is 13.2 Å². The standard InChI is InChI=1S/C22H21F3O5/c1-27-18-14-20(29-3)19(28-2)13-16(18)7-5-11-30-21(26)10-9-15-6-4-8-17(12-15)22(23,24)25/h4-10,12-14H,11H2,1-3H3/b7-5+,10-9+. The summed E-state index contributed by atoms with van der Waals surface area (Å²) < 4.78 is 58.9. The van der Waals surface area contributed by atoms with Gasteiger partial charge in [-0.15, -0.1) is 0 Å². The smallest absolute Gasteiger partial charge is 0.416 e. The van der Waals surface area contributed by atoms with E-state index < -0.39 is 17.7 Å². The van der Waals surface area contributed by atoms with Gasteiger partial charge in [0.1, 0.15) is 12.4 Å². The van der Waals surface area contributed by atoms with E-state index >= 15 is 0 Å². The molecule has 0 radical (unpaired) electrons. The molecule has 0 aliphatic rings. The van der Waals surface area contributed by atoms with Crippen molar-refractivity contribution in [1.82, 2.24) is 0 Å². The summed E-state index contributed by atoms with van der Waals surface area (Å²) in [6, 6.07) is 8.02. The Morgan fingerprint density at radius 2 is 1.60 bits per heavy atom. The molecule has 0 unspecified atom stereocenters. The summed E-state index contributed by atoms with van der Waals surface area (Å²) >= 11 is 0. The van der Waals surface area contributed by atoms with Gasteiger partial charge in [-0.05, 0) is 35.9 Å². The fraction of sp³-hybridized carbons (Fsp3) is 0.227. The Labute approximate surface area is 172 Å². The highest BCUT2D eigenvalue weighted by atomic mass is 19.4. The van der Waals surface area contributed by atoms with Crippen LogP contribution in [0.3, 0.4) is 0 Å². The van der Waals surface area contributed by atoms with E-state index in [0.29, 0.717) is 22.8 Å². The highest BCUT2D eigenvalue weighted by Crippen LogP contribution is 2.35. The van der Waals surface area contributed by atoms with Gasteiger partial charge in [-0.25, -0.2) is 4.79 Å². The van der Waals surface area contributed by atoms with Crippen molar-refractivity contribution >= 4 is 18.1 Å². The van der Waals surface area contributed by atoms with Crippen LogP contribution in [0, 0.1) is 0 Å². The van der Waals surface area contributed by atoms with E-state index in [1.54, 1.807) is 24.3 Å². The molecule has 2 aromatic carbocycles. The molecule has 2 rings (SSSR count). The zero-order valence-electron chi connectivity index (χ0n) is 16.7. The molecule has 0 spiro atoms. The zero-order valence-corrected chi connectivity index (χ0v) is 16.7. The van der Waals surface area contributed by atoms with Crippen molar-refractivity contribution in [2.75, 3.05) is 27.9 Å². The van der Waals surface area contributed by atoms with Gasteiger partial charge in [0.2, 0.25) is 0 Å². The second-order valence-electron chi connectivity index (χ2n) is 5.94. The van der Waals surface area contributed by atoms with Crippen LogP contribution in [-0.4, -0.2) is 33.9 Å². The van der Waals surface area contributed by atoms with Crippen molar-refractivity contribution < 1.29 is 36.9 Å². The number of halogens is 3. The fourth-order valence-electron chi connectivity index (χ4n) is 2.52. The Morgan fingerprint density at radius 3 is 2.23 bits per heavy atom. The summed E-state index contributed by atoms with van der Waals surface area (Å²) in [5.41, 5.74) is 0.142. The Balaban J connectivity index is 1.98. The summed E-state index contributed by atoms with van der Waals surface area (Å²) in [7, 11) is 4.53. The Kier molecular flexibility index (Phi) is 7.91. The van der Waals surface area contributed by atoms with Crippen molar-refractivity contribution in [3.05, 3.63) is 65.2 Å². The maximum atomic E-state index is 12.7. The third-order valence-electron chi connectivity index (χ3n) is 3.98. The first kappa shape index (κ1) is 22.9. The third kappa shape index (κ3) is 6.30. The first-order valence-corrected chi connectivity index (χ1v) is 8.77. The molecule has 30 heavy (non-hydrogen) atoms. The normalized spacial score (nSPS) is 11.7. The van der Waals surface area contributed by atoms with Crippen LogP contribution in [0.1, 0.15) is 16.7 Å². The van der Waals surface area contributed by atoms with E-state index in [1.807, 2.05) is 0 Å². The average Bonchev–Trinajstić information content (AvgIpc) is 2.74. The minimum Gasteiger partial charge on any atom is -0.496 e. The predicted molar refractivity (Wildman–Crippen MR) is 107 cm³/mol. The lowest BCUT2D eigenvalue weighted by atomic mass is 10.1. The maximum Gasteiger partial charge on any atom is 0.416 e. The average molecular weight is 422 g/mol. The number of carbonyl (C=O) groups is 1. The second-order valence-corrected chi connectivity index (χ2v) is 5.94. The molecule has 8 heteroatoms. The van der Waals surface area contributed by atoms with Crippen LogP contribution >= 0.6 is 0 Å². The van der Waals surface area contributed by atoms with E-state index in [9.17, 15) is 18.0 Å². The van der Waals surface area contributed by atoms with E-state index in [-0.39, 0.29) is 12.2 Å². The summed E-state index contributed by atoms with van der Waals surface area (Å²) in [6.45, 7) is -0.0384. The van der Waals surface area contributed by atoms with E-state index in [1.165, 1.54) is 39.5 Å². The van der Waals surface area contributed by atoms with Crippen LogP contribution < -0.4 is 14.2 Å². The number of carbonyl (C=O) groups excluding carboxylic acids is 1. The molecule has 0 fully saturated rings. The van der Waals surface area contributed by atoms with Gasteiger partial charge in [-0.3, -0.25) is 0 Å². The first-order chi connectivity index (χ1) is 14.3. The second kappa shape index (κ2) is 10.4. The molecule has 0 saturated heterocycles. The number of esters is 1. The molecule has 0 aliphatic carbocycles. The largest absolute Gasteiger partial charge is 0.496 e. The van der Waals surface area contributed by atoms with Crippen LogP contribution in [0.2, 0.25) is 0 Å². The minimum atomic E-state index is -4.44. The Hall–Kier alpha value is -3.42. The molecular weight excluding hydrogens is 401 g/mol. The van der Waals surface area contributed by atoms with Gasteiger partial charge >= 0.3 is 12.1 Å². The number of alkyl halides is 3. The molecule has 0 amide bonds. The third-order valence-corrected chi connectivity index (χ3v) is 3.98. The number of hydrogen-bond donors (Lipinski definition) is 0. The first-order valence-electron chi connectivity index (χ1n) is 8.77. The van der Waals surface area contributed by atoms with Gasteiger partial charge in [0.05, 0.1) is 26.9 Å². The number of methoxy groups -OCH3 is 3. The molecule has 0 bridgehead atoms. The highest BCUT2D eigenvalue weighted by molar-refractivity contribution is 5.87. The molecule has 0 N–H and O–H groups in total. The number of benzene rings is 2. The topological polar surface area (TPSA) is 54.0 Å². The van der Waals surface area contributed by atoms with Crippen molar-refractivity contribution in [3.63, 3.8) is 0 Å². The highest BCUT2D eigenvalue weighted by Gasteiger charge is 2.30. The van der Waals surface area contributed by atoms with Crippen molar-refractivity contribution in [1.29, 1.82) is 0 Å². The summed E-state index contributed by atoms with van der Waals surface area (Å²) in [4.78, 5) is 11.8. The van der Waals surface area contributed by atoms with Gasteiger partial charge < -0.3 is 18.9 Å². The molecule has 5 nitrogen and oxygen atoms in total. The summed E-state index contributed by atoms with van der Waals surface area (Å²) in [6.07, 6.45) is 1.17. The van der Waals surface area contributed by atoms with Gasteiger partial charge in [-0.1, -0.05) is 18.2 Å². The fourth-order valence-corrected chi connectivity index (χ4v) is 2.52. The zero-order chi connectivity index (χ0) is 22.1. The molecule has 0 aromatic heterocycles. The van der Waals surface area contributed by atoms with Crippen LogP contribution in [0.4, 0.5) is 13.2 Å². The van der Waals surface area contributed by atoms with Crippen molar-refractivity contribution in [2.24, 2.45) is 0 Å². The molecule has 0 heterocycles. The quantitative estimate of drug-likeness (QED) is 0.443. The molecule has 160 valence electrons. The molecule has 0 aliphatic heterocycles. The lowest BCUT2D eigenvalue weighted by Gasteiger charge is -2.12. The van der Waals surface area contributed by atoms with Gasteiger partial charge in [0.25, 0.3) is 0 Å². The van der Waals surface area contributed by atoms with Crippen LogP contribution in [0.25, 0.3) is 12.2 Å². The van der Waals surface area contributed by atoms with Crippen molar-refractivity contribution in [2.45, 2.75) is 6.18 Å².